The second kappa shape index (κ2) is 8.77. The first-order valence-corrected chi connectivity index (χ1v) is 12.1. The Bertz CT molecular complexity index is 1560. The zero-order valence-electron chi connectivity index (χ0n) is 19.5. The average Bonchev–Trinajstić information content (AvgIpc) is 3.38. The van der Waals surface area contributed by atoms with E-state index in [9.17, 15) is 28.9 Å². The van der Waals surface area contributed by atoms with Crippen molar-refractivity contribution in [2.45, 2.75) is 12.1 Å². The van der Waals surface area contributed by atoms with Crippen LogP contribution >= 0.6 is 11.6 Å². The van der Waals surface area contributed by atoms with Crippen LogP contribution in [0.15, 0.2) is 72.9 Å². The Kier molecular flexibility index (Phi) is 5.50. The molecule has 0 bridgehead atoms. The van der Waals surface area contributed by atoms with E-state index in [-0.39, 0.29) is 22.1 Å². The molecule has 0 spiro atoms. The summed E-state index contributed by atoms with van der Waals surface area (Å²) in [5, 5.41) is 14.0. The highest BCUT2D eigenvalue weighted by molar-refractivity contribution is 6.34. The predicted molar refractivity (Wildman–Crippen MR) is 136 cm³/mol. The summed E-state index contributed by atoms with van der Waals surface area (Å²) in [6.45, 7) is 0. The summed E-state index contributed by atoms with van der Waals surface area (Å²) >= 11 is 6.21. The summed E-state index contributed by atoms with van der Waals surface area (Å²) in [6.07, 6.45) is 3.49. The minimum absolute atomic E-state index is 0.0134. The van der Waals surface area contributed by atoms with Crippen molar-refractivity contribution in [2.24, 2.45) is 11.8 Å². The molecule has 3 aliphatic heterocycles. The van der Waals surface area contributed by atoms with Crippen molar-refractivity contribution in [2.75, 3.05) is 10.2 Å². The Morgan fingerprint density at radius 2 is 1.71 bits per heavy atom. The normalized spacial score (nSPS) is 23.2. The highest BCUT2D eigenvalue weighted by Gasteiger charge is 2.64. The van der Waals surface area contributed by atoms with Gasteiger partial charge < -0.3 is 10.2 Å². The zero-order valence-corrected chi connectivity index (χ0v) is 20.2. The number of nitrogens with one attached hydrogen (secondary N) is 1. The highest BCUT2D eigenvalue weighted by Crippen LogP contribution is 2.53. The molecule has 3 aromatic carbocycles. The lowest BCUT2D eigenvalue weighted by Crippen LogP contribution is -2.46. The Morgan fingerprint density at radius 3 is 2.45 bits per heavy atom. The number of nitrogens with zero attached hydrogens (tertiary/aromatic N) is 3. The smallest absolute Gasteiger partial charge is 0.271 e. The number of fused-ring (bicyclic) bond motifs is 5. The summed E-state index contributed by atoms with van der Waals surface area (Å²) in [6, 6.07) is 14.3. The second-order valence-electron chi connectivity index (χ2n) is 9.23. The number of amides is 3. The standard InChI is InChI=1S/C27H18ClFN4O5/c28-19-10-9-17(33(37)38)13-20(19)30-25(34)24-22-21(23-18-4-2-1-3-14(18)11-12-31(23)24)26(35)32(27(22)36)16-7-5-15(29)6-8-16/h1-13,21-24H,(H,30,34)/t21-,22+,23-,24-/m0/s1. The van der Waals surface area contributed by atoms with Crippen LogP contribution in [0.4, 0.5) is 21.5 Å². The molecule has 6 rings (SSSR count). The van der Waals surface area contributed by atoms with Crippen LogP contribution in [0.3, 0.4) is 0 Å². The SMILES string of the molecule is O=C(Nc1cc([N+](=O)[O-])ccc1Cl)[C@@H]1[C@@H]2C(=O)N(c3ccc(F)cc3)C(=O)[C@@H]2[C@@H]2c3ccccc3C=CN12. The number of imide groups is 1. The van der Waals surface area contributed by atoms with Gasteiger partial charge >= 0.3 is 0 Å². The number of non-ortho nitro benzene ring substituents is 1. The van der Waals surface area contributed by atoms with E-state index in [1.54, 1.807) is 17.2 Å². The lowest BCUT2D eigenvalue weighted by Gasteiger charge is -2.35. The lowest BCUT2D eigenvalue weighted by molar-refractivity contribution is -0.384. The number of anilines is 2. The van der Waals surface area contributed by atoms with Gasteiger partial charge in [0.05, 0.1) is 39.2 Å². The third-order valence-electron chi connectivity index (χ3n) is 7.23. The van der Waals surface area contributed by atoms with Gasteiger partial charge in [-0.25, -0.2) is 9.29 Å². The molecule has 3 heterocycles. The van der Waals surface area contributed by atoms with Crippen molar-refractivity contribution in [3.63, 3.8) is 0 Å². The molecule has 9 nitrogen and oxygen atoms in total. The predicted octanol–water partition coefficient (Wildman–Crippen LogP) is 4.54. The van der Waals surface area contributed by atoms with Gasteiger partial charge in [0.2, 0.25) is 17.7 Å². The molecule has 2 saturated heterocycles. The first-order chi connectivity index (χ1) is 18.3. The maximum absolute atomic E-state index is 13.8. The van der Waals surface area contributed by atoms with E-state index in [2.05, 4.69) is 5.32 Å². The molecule has 4 atom stereocenters. The number of benzene rings is 3. The number of nitro groups is 1. The molecule has 2 fully saturated rings. The largest absolute Gasteiger partial charge is 0.357 e. The third-order valence-corrected chi connectivity index (χ3v) is 7.56. The number of halogens is 2. The van der Waals surface area contributed by atoms with E-state index in [0.29, 0.717) is 0 Å². The van der Waals surface area contributed by atoms with Crippen molar-refractivity contribution >= 4 is 52.5 Å². The zero-order chi connectivity index (χ0) is 26.7. The summed E-state index contributed by atoms with van der Waals surface area (Å²) in [5.41, 5.74) is 1.60. The number of hydrogen-bond donors (Lipinski definition) is 1. The summed E-state index contributed by atoms with van der Waals surface area (Å²) in [4.78, 5) is 54.7. The van der Waals surface area contributed by atoms with Gasteiger partial charge in [-0.1, -0.05) is 35.9 Å². The molecular formula is C27H18ClFN4O5. The maximum atomic E-state index is 13.8. The van der Waals surface area contributed by atoms with E-state index in [1.165, 1.54) is 24.3 Å². The number of nitro benzene ring substituents is 1. The molecule has 3 aromatic rings. The van der Waals surface area contributed by atoms with Crippen LogP contribution in [0.2, 0.25) is 5.02 Å². The maximum Gasteiger partial charge on any atom is 0.271 e. The molecule has 3 amide bonds. The minimum Gasteiger partial charge on any atom is -0.357 e. The fourth-order valence-electron chi connectivity index (χ4n) is 5.63. The first kappa shape index (κ1) is 23.8. The van der Waals surface area contributed by atoms with Crippen LogP contribution in [0, 0.1) is 27.8 Å². The molecule has 190 valence electrons. The molecular weight excluding hydrogens is 515 g/mol. The first-order valence-electron chi connectivity index (χ1n) is 11.7. The van der Waals surface area contributed by atoms with Gasteiger partial charge in [-0.05, 0) is 47.5 Å². The second-order valence-corrected chi connectivity index (χ2v) is 9.64. The molecule has 0 aliphatic carbocycles. The molecule has 3 aliphatic rings. The fourth-order valence-corrected chi connectivity index (χ4v) is 5.80. The molecule has 0 aromatic heterocycles. The minimum atomic E-state index is -1.12. The number of rotatable bonds is 4. The van der Waals surface area contributed by atoms with E-state index >= 15 is 0 Å². The average molecular weight is 533 g/mol. The topological polar surface area (TPSA) is 113 Å². The van der Waals surface area contributed by atoms with Crippen LogP contribution in [0.5, 0.6) is 0 Å². The van der Waals surface area contributed by atoms with Gasteiger partial charge in [0, 0.05) is 18.3 Å². The van der Waals surface area contributed by atoms with E-state index in [4.69, 9.17) is 11.6 Å². The van der Waals surface area contributed by atoms with Crippen LogP contribution in [0.1, 0.15) is 17.2 Å². The Morgan fingerprint density at radius 1 is 1.00 bits per heavy atom. The fraction of sp³-hybridized carbons (Fsp3) is 0.148. The Labute approximate surface area is 220 Å². The van der Waals surface area contributed by atoms with E-state index in [0.717, 1.165) is 34.2 Å². The van der Waals surface area contributed by atoms with Crippen molar-refractivity contribution in [1.29, 1.82) is 0 Å². The van der Waals surface area contributed by atoms with Crippen molar-refractivity contribution in [1.82, 2.24) is 4.90 Å². The van der Waals surface area contributed by atoms with Crippen molar-refractivity contribution in [3.8, 4) is 0 Å². The number of carbonyl (C=O) groups excluding carboxylic acids is 3. The monoisotopic (exact) mass is 532 g/mol. The van der Waals surface area contributed by atoms with Gasteiger partial charge in [-0.3, -0.25) is 24.5 Å². The lowest BCUT2D eigenvalue weighted by atomic mass is 9.84. The van der Waals surface area contributed by atoms with Gasteiger partial charge in [0.15, 0.2) is 0 Å². The number of hydrogen-bond acceptors (Lipinski definition) is 6. The quantitative estimate of drug-likeness (QED) is 0.300. The van der Waals surface area contributed by atoms with Crippen LogP contribution in [-0.4, -0.2) is 33.6 Å². The van der Waals surface area contributed by atoms with Gasteiger partial charge in [0.1, 0.15) is 11.9 Å². The van der Waals surface area contributed by atoms with Crippen molar-refractivity contribution in [3.05, 3.63) is 105 Å². The molecule has 1 N–H and O–H groups in total. The summed E-state index contributed by atoms with van der Waals surface area (Å²) < 4.78 is 13.6. The van der Waals surface area contributed by atoms with E-state index in [1.807, 2.05) is 24.3 Å². The van der Waals surface area contributed by atoms with Crippen LogP contribution in [0.25, 0.3) is 6.08 Å². The highest BCUT2D eigenvalue weighted by atomic mass is 35.5. The Balaban J connectivity index is 1.43. The van der Waals surface area contributed by atoms with Crippen molar-refractivity contribution < 1.29 is 23.7 Å². The van der Waals surface area contributed by atoms with E-state index < -0.39 is 52.4 Å². The Hall–Kier alpha value is -4.57. The summed E-state index contributed by atoms with van der Waals surface area (Å²) in [5.74, 6) is -4.19. The summed E-state index contributed by atoms with van der Waals surface area (Å²) in [7, 11) is 0. The van der Waals surface area contributed by atoms with Gasteiger partial charge in [-0.2, -0.15) is 0 Å². The molecule has 0 radical (unpaired) electrons. The molecule has 0 unspecified atom stereocenters. The van der Waals surface area contributed by atoms with Gasteiger partial charge in [0.25, 0.3) is 5.69 Å². The number of carbonyl (C=O) groups is 3. The van der Waals surface area contributed by atoms with Gasteiger partial charge in [-0.15, -0.1) is 0 Å². The third kappa shape index (κ3) is 3.56. The molecule has 0 saturated carbocycles. The molecule has 11 heteroatoms. The van der Waals surface area contributed by atoms with Crippen LogP contribution in [-0.2, 0) is 14.4 Å². The molecule has 38 heavy (non-hydrogen) atoms. The van der Waals surface area contributed by atoms with Crippen LogP contribution < -0.4 is 10.2 Å².